The molecule has 1 aromatic carbocycles. The predicted octanol–water partition coefficient (Wildman–Crippen LogP) is 2.64. The van der Waals surface area contributed by atoms with Crippen molar-refractivity contribution in [1.29, 1.82) is 0 Å². The van der Waals surface area contributed by atoms with Gasteiger partial charge >= 0.3 is 0 Å². The predicted molar refractivity (Wildman–Crippen MR) is 75.3 cm³/mol. The van der Waals surface area contributed by atoms with E-state index in [-0.39, 0.29) is 5.91 Å². The highest BCUT2D eigenvalue weighted by Gasteiger charge is 2.09. The summed E-state index contributed by atoms with van der Waals surface area (Å²) in [5.41, 5.74) is 6.78. The molecular weight excluding hydrogens is 262 g/mol. The minimum atomic E-state index is -0.331. The molecule has 0 bridgehead atoms. The lowest BCUT2D eigenvalue weighted by molar-refractivity contribution is 0.0942. The van der Waals surface area contributed by atoms with Crippen molar-refractivity contribution in [3.8, 4) is 0 Å². The SMILES string of the molecule is C=C(NNC(=O)c1ccccc1Cl)c1ccccn1. The number of halogens is 1. The summed E-state index contributed by atoms with van der Waals surface area (Å²) < 4.78 is 0. The average Bonchev–Trinajstić information content (AvgIpc) is 2.46. The fourth-order valence-corrected chi connectivity index (χ4v) is 1.67. The zero-order valence-electron chi connectivity index (χ0n) is 10.1. The summed E-state index contributed by atoms with van der Waals surface area (Å²) in [6.07, 6.45) is 1.65. The highest BCUT2D eigenvalue weighted by Crippen LogP contribution is 2.14. The Morgan fingerprint density at radius 2 is 1.84 bits per heavy atom. The van der Waals surface area contributed by atoms with E-state index in [0.717, 1.165) is 0 Å². The van der Waals surface area contributed by atoms with Crippen molar-refractivity contribution >= 4 is 23.2 Å². The van der Waals surface area contributed by atoms with Crippen LogP contribution in [0.15, 0.2) is 55.2 Å². The number of nitrogens with one attached hydrogen (secondary N) is 2. The van der Waals surface area contributed by atoms with Gasteiger partial charge < -0.3 is 0 Å². The maximum absolute atomic E-state index is 11.9. The quantitative estimate of drug-likeness (QED) is 0.842. The van der Waals surface area contributed by atoms with Crippen molar-refractivity contribution < 1.29 is 4.79 Å². The summed E-state index contributed by atoms with van der Waals surface area (Å²) in [7, 11) is 0. The Morgan fingerprint density at radius 3 is 2.53 bits per heavy atom. The molecule has 0 aliphatic rings. The maximum atomic E-state index is 11.9. The minimum Gasteiger partial charge on any atom is -0.297 e. The van der Waals surface area contributed by atoms with E-state index in [4.69, 9.17) is 11.6 Å². The van der Waals surface area contributed by atoms with E-state index in [0.29, 0.717) is 22.0 Å². The number of benzene rings is 1. The van der Waals surface area contributed by atoms with Crippen LogP contribution in [0, 0.1) is 0 Å². The van der Waals surface area contributed by atoms with E-state index in [2.05, 4.69) is 22.4 Å². The molecule has 0 fully saturated rings. The topological polar surface area (TPSA) is 54.0 Å². The van der Waals surface area contributed by atoms with Gasteiger partial charge in [0.2, 0.25) is 0 Å². The number of pyridine rings is 1. The number of hydrazine groups is 1. The molecule has 1 amide bonds. The number of hydrogen-bond donors (Lipinski definition) is 2. The largest absolute Gasteiger partial charge is 0.297 e. The van der Waals surface area contributed by atoms with E-state index >= 15 is 0 Å². The summed E-state index contributed by atoms with van der Waals surface area (Å²) >= 11 is 5.93. The minimum absolute atomic E-state index is 0.331. The van der Waals surface area contributed by atoms with Crippen molar-refractivity contribution in [1.82, 2.24) is 15.8 Å². The lowest BCUT2D eigenvalue weighted by Crippen LogP contribution is -2.36. The Labute approximate surface area is 116 Å². The van der Waals surface area contributed by atoms with Crippen LogP contribution < -0.4 is 10.9 Å². The summed E-state index contributed by atoms with van der Waals surface area (Å²) in [5.74, 6) is -0.331. The number of amides is 1. The van der Waals surface area contributed by atoms with E-state index in [1.54, 1.807) is 42.6 Å². The monoisotopic (exact) mass is 273 g/mol. The van der Waals surface area contributed by atoms with Gasteiger partial charge in [0, 0.05) is 6.20 Å². The molecule has 2 N–H and O–H groups in total. The number of nitrogens with zero attached hydrogens (tertiary/aromatic N) is 1. The van der Waals surface area contributed by atoms with E-state index < -0.39 is 0 Å². The van der Waals surface area contributed by atoms with Crippen LogP contribution in [0.4, 0.5) is 0 Å². The highest BCUT2D eigenvalue weighted by molar-refractivity contribution is 6.33. The van der Waals surface area contributed by atoms with Gasteiger partial charge in [0.15, 0.2) is 0 Å². The lowest BCUT2D eigenvalue weighted by atomic mass is 10.2. The molecule has 0 aliphatic heterocycles. The molecular formula is C14H12ClN3O. The summed E-state index contributed by atoms with van der Waals surface area (Å²) in [4.78, 5) is 16.0. The van der Waals surface area contributed by atoms with Crippen molar-refractivity contribution in [3.05, 3.63) is 71.5 Å². The molecule has 0 saturated heterocycles. The lowest BCUT2D eigenvalue weighted by Gasteiger charge is -2.11. The molecule has 5 heteroatoms. The third-order valence-corrected chi connectivity index (χ3v) is 2.75. The fraction of sp³-hybridized carbons (Fsp3) is 0. The van der Waals surface area contributed by atoms with E-state index in [1.807, 2.05) is 6.07 Å². The van der Waals surface area contributed by atoms with Gasteiger partial charge in [-0.15, -0.1) is 0 Å². The Morgan fingerprint density at radius 1 is 1.11 bits per heavy atom. The molecule has 1 aromatic heterocycles. The second-order valence-electron chi connectivity index (χ2n) is 3.75. The number of carbonyl (C=O) groups is 1. The second kappa shape index (κ2) is 6.02. The van der Waals surface area contributed by atoms with Gasteiger partial charge in [0.25, 0.3) is 5.91 Å². The highest BCUT2D eigenvalue weighted by atomic mass is 35.5. The number of aromatic nitrogens is 1. The fourth-order valence-electron chi connectivity index (χ4n) is 1.45. The first kappa shape index (κ1) is 13.1. The summed E-state index contributed by atoms with van der Waals surface area (Å²) in [6, 6.07) is 12.2. The van der Waals surface area contributed by atoms with Crippen LogP contribution in [-0.2, 0) is 0 Å². The van der Waals surface area contributed by atoms with Crippen LogP contribution in [-0.4, -0.2) is 10.9 Å². The van der Waals surface area contributed by atoms with Crippen LogP contribution in [0.25, 0.3) is 5.70 Å². The van der Waals surface area contributed by atoms with Gasteiger partial charge in [-0.25, -0.2) is 0 Å². The number of rotatable bonds is 4. The molecule has 0 radical (unpaired) electrons. The third kappa shape index (κ3) is 3.33. The molecule has 0 aliphatic carbocycles. The molecule has 0 spiro atoms. The number of carbonyl (C=O) groups excluding carboxylic acids is 1. The van der Waals surface area contributed by atoms with Gasteiger partial charge in [-0.3, -0.25) is 20.6 Å². The van der Waals surface area contributed by atoms with E-state index in [1.165, 1.54) is 0 Å². The molecule has 0 saturated carbocycles. The van der Waals surface area contributed by atoms with Gasteiger partial charge in [-0.2, -0.15) is 0 Å². The standard InChI is InChI=1S/C14H12ClN3O/c1-10(13-8-4-5-9-16-13)17-18-14(19)11-6-2-3-7-12(11)15/h2-9,17H,1H2,(H,18,19). The van der Waals surface area contributed by atoms with Crippen LogP contribution in [0.5, 0.6) is 0 Å². The van der Waals surface area contributed by atoms with Gasteiger partial charge in [-0.1, -0.05) is 36.4 Å². The van der Waals surface area contributed by atoms with Crippen LogP contribution in [0.1, 0.15) is 16.1 Å². The van der Waals surface area contributed by atoms with Crippen molar-refractivity contribution in [3.63, 3.8) is 0 Å². The zero-order chi connectivity index (χ0) is 13.7. The van der Waals surface area contributed by atoms with Crippen LogP contribution >= 0.6 is 11.6 Å². The van der Waals surface area contributed by atoms with Crippen molar-refractivity contribution in [2.75, 3.05) is 0 Å². The maximum Gasteiger partial charge on any atom is 0.271 e. The molecule has 0 unspecified atom stereocenters. The Balaban J connectivity index is 1.98. The normalized spacial score (nSPS) is 9.74. The Bertz CT molecular complexity index is 599. The third-order valence-electron chi connectivity index (χ3n) is 2.42. The van der Waals surface area contributed by atoms with Crippen molar-refractivity contribution in [2.45, 2.75) is 0 Å². The zero-order valence-corrected chi connectivity index (χ0v) is 10.8. The Kier molecular flexibility index (Phi) is 4.15. The Hall–Kier alpha value is -2.33. The second-order valence-corrected chi connectivity index (χ2v) is 4.16. The van der Waals surface area contributed by atoms with Gasteiger partial charge in [0.1, 0.15) is 0 Å². The first-order valence-electron chi connectivity index (χ1n) is 5.59. The first-order chi connectivity index (χ1) is 9.18. The molecule has 2 aromatic rings. The van der Waals surface area contributed by atoms with Crippen LogP contribution in [0.2, 0.25) is 5.02 Å². The van der Waals surface area contributed by atoms with Gasteiger partial charge in [-0.05, 0) is 24.3 Å². The number of hydrogen-bond acceptors (Lipinski definition) is 3. The smallest absolute Gasteiger partial charge is 0.271 e. The molecule has 4 nitrogen and oxygen atoms in total. The first-order valence-corrected chi connectivity index (χ1v) is 5.97. The summed E-state index contributed by atoms with van der Waals surface area (Å²) in [5, 5.41) is 0.394. The van der Waals surface area contributed by atoms with E-state index in [9.17, 15) is 4.79 Å². The molecule has 0 atom stereocenters. The molecule has 96 valence electrons. The van der Waals surface area contributed by atoms with Crippen molar-refractivity contribution in [2.24, 2.45) is 0 Å². The van der Waals surface area contributed by atoms with Gasteiger partial charge in [0.05, 0.1) is 22.0 Å². The summed E-state index contributed by atoms with van der Waals surface area (Å²) in [6.45, 7) is 3.79. The molecule has 2 rings (SSSR count). The molecule has 1 heterocycles. The van der Waals surface area contributed by atoms with Crippen LogP contribution in [0.3, 0.4) is 0 Å². The molecule has 19 heavy (non-hydrogen) atoms. The average molecular weight is 274 g/mol.